The minimum absolute atomic E-state index is 0.0420. The molecule has 172 valence electrons. The molecule has 4 rings (SSSR count). The summed E-state index contributed by atoms with van der Waals surface area (Å²) in [6.07, 6.45) is 0. The average Bonchev–Trinajstić information content (AvgIpc) is 3.27. The maximum atomic E-state index is 12.7. The Morgan fingerprint density at radius 3 is 2.09 bits per heavy atom. The molecule has 0 saturated carbocycles. The number of fused-ring (bicyclic) bond motifs is 1. The number of amides is 1. The van der Waals surface area contributed by atoms with Gasteiger partial charge in [0.25, 0.3) is 0 Å². The van der Waals surface area contributed by atoms with Crippen LogP contribution in [0.2, 0.25) is 0 Å². The van der Waals surface area contributed by atoms with Crippen LogP contribution in [0.4, 0.5) is 0 Å². The van der Waals surface area contributed by atoms with Gasteiger partial charge in [-0.05, 0) is 0 Å². The molecule has 2 N–H and O–H groups in total. The number of para-hydroxylation sites is 1. The van der Waals surface area contributed by atoms with Gasteiger partial charge in [0.2, 0.25) is 0 Å². The second-order valence-electron chi connectivity index (χ2n) is 8.29. The molecule has 0 radical (unpaired) electrons. The smallest absolute Gasteiger partial charge is 0.480 e. The van der Waals surface area contributed by atoms with E-state index in [1.165, 1.54) is 0 Å². The molecule has 0 fully saturated rings. The van der Waals surface area contributed by atoms with Crippen molar-refractivity contribution in [2.45, 2.75) is 19.9 Å². The number of carbonyl (C=O) groups is 3. The molecule has 34 heavy (non-hydrogen) atoms. The van der Waals surface area contributed by atoms with Crippen LogP contribution in [-0.2, 0) is 4.79 Å². The number of aliphatic carboxylic acids is 1. The Kier molecular flexibility index (Phi) is 6.99. The average molecular weight is 517 g/mol. The Balaban J connectivity index is 1.42. The second-order valence-corrected chi connectivity index (χ2v) is 11.0. The van der Waals surface area contributed by atoms with Crippen LogP contribution in [-0.4, -0.2) is 43.3 Å². The number of hydrogen-bond acceptors (Lipinski definition) is 4. The number of carbonyl (C=O) groups excluding carboxylic acids is 2. The summed E-state index contributed by atoms with van der Waals surface area (Å²) in [6, 6.07) is 23.3. The zero-order chi connectivity index (χ0) is 24.2. The van der Waals surface area contributed by atoms with Gasteiger partial charge in [0.15, 0.2) is 0 Å². The molecule has 0 bridgehead atoms. The quantitative estimate of drug-likeness (QED) is 0.347. The molecule has 0 aliphatic carbocycles. The van der Waals surface area contributed by atoms with E-state index in [4.69, 9.17) is 4.42 Å². The molecule has 7 heteroatoms. The number of furan rings is 1. The van der Waals surface area contributed by atoms with Crippen LogP contribution in [0.1, 0.15) is 34.8 Å². The van der Waals surface area contributed by atoms with Gasteiger partial charge in [0.05, 0.1) is 0 Å². The van der Waals surface area contributed by atoms with Crippen molar-refractivity contribution >= 4 is 47.5 Å². The molecule has 2 atom stereocenters. The fraction of sp³-hybridized carbons (Fsp3) is 0.148. The fourth-order valence-corrected chi connectivity index (χ4v) is 5.35. The number of carboxylic acid groups (broad SMARTS) is 1. The predicted octanol–water partition coefficient (Wildman–Crippen LogP) is 3.84. The third-order valence-electron chi connectivity index (χ3n) is 5.49. The molecule has 1 unspecified atom stereocenters. The number of nitrogens with one attached hydrogen (secondary N) is 1. The fourth-order valence-electron chi connectivity index (χ4n) is 3.58. The van der Waals surface area contributed by atoms with Crippen molar-refractivity contribution in [3.63, 3.8) is 0 Å². The zero-order valence-corrected chi connectivity index (χ0v) is 20.8. The Labute approximate surface area is 203 Å². The molecular weight excluding hydrogens is 493 g/mol. The summed E-state index contributed by atoms with van der Waals surface area (Å²) in [7, 11) is 0. The third-order valence-corrected chi connectivity index (χ3v) is 7.79. The van der Waals surface area contributed by atoms with Crippen molar-refractivity contribution in [3.8, 4) is 11.1 Å². The van der Waals surface area contributed by atoms with E-state index in [1.54, 1.807) is 32.0 Å². The van der Waals surface area contributed by atoms with E-state index in [1.807, 2.05) is 60.7 Å². The topological polar surface area (TPSA) is 96.6 Å². The monoisotopic (exact) mass is 517 g/mol. The molecule has 1 aromatic heterocycles. The number of rotatable bonds is 8. The molecule has 0 aliphatic heterocycles. The van der Waals surface area contributed by atoms with E-state index in [2.05, 4.69) is 5.32 Å². The van der Waals surface area contributed by atoms with Gasteiger partial charge in [-0.2, -0.15) is 0 Å². The van der Waals surface area contributed by atoms with Crippen LogP contribution in [0.5, 0.6) is 0 Å². The molecule has 6 nitrogen and oxygen atoms in total. The van der Waals surface area contributed by atoms with E-state index in [0.29, 0.717) is 16.9 Å². The van der Waals surface area contributed by atoms with Gasteiger partial charge in [0.1, 0.15) is 0 Å². The van der Waals surface area contributed by atoms with Crippen molar-refractivity contribution in [1.29, 1.82) is 0 Å². The van der Waals surface area contributed by atoms with Gasteiger partial charge in [0, 0.05) is 0 Å². The molecular formula is C27H24AsNO5. The first-order valence-electron chi connectivity index (χ1n) is 10.9. The summed E-state index contributed by atoms with van der Waals surface area (Å²) in [4.78, 5) is 36.4. The van der Waals surface area contributed by atoms with Gasteiger partial charge >= 0.3 is 180 Å². The first-order valence-corrected chi connectivity index (χ1v) is 13.0. The van der Waals surface area contributed by atoms with Crippen LogP contribution in [0.25, 0.3) is 22.1 Å². The Bertz CT molecular complexity index is 1310. The van der Waals surface area contributed by atoms with E-state index >= 15 is 0 Å². The van der Waals surface area contributed by atoms with Crippen molar-refractivity contribution in [1.82, 2.24) is 5.32 Å². The van der Waals surface area contributed by atoms with Crippen LogP contribution in [0, 0.1) is 5.92 Å². The van der Waals surface area contributed by atoms with E-state index in [0.717, 1.165) is 20.9 Å². The van der Waals surface area contributed by atoms with Crippen molar-refractivity contribution in [2.24, 2.45) is 5.92 Å². The summed E-state index contributed by atoms with van der Waals surface area (Å²) in [5.41, 5.74) is 3.00. The number of hydrogen-bond donors (Lipinski definition) is 2. The predicted molar refractivity (Wildman–Crippen MR) is 133 cm³/mol. The molecule has 1 amide bonds. The van der Waals surface area contributed by atoms with Crippen molar-refractivity contribution in [2.75, 3.05) is 0 Å². The van der Waals surface area contributed by atoms with Crippen molar-refractivity contribution in [3.05, 3.63) is 90.2 Å². The first kappa shape index (κ1) is 23.5. The molecule has 0 saturated heterocycles. The first-order chi connectivity index (χ1) is 16.3. The standard InChI is InChI=1S/C27H24AsNO5/c1-16(2)24(27(32)33)29-26(31)19-9-7-17(8-10-19)18-11-13-21(14-12-18)28-25(30)23-15-20-5-3-4-6-22(20)34-23/h3-16,24,28H,1-2H3,(H,29,31)(H,32,33)/t24-/m0/s1. The summed E-state index contributed by atoms with van der Waals surface area (Å²) >= 11 is -1.06. The Hall–Kier alpha value is -3.63. The molecule has 0 spiro atoms. The number of carboxylic acids is 1. The van der Waals surface area contributed by atoms with Crippen LogP contribution in [0.15, 0.2) is 83.3 Å². The van der Waals surface area contributed by atoms with Crippen LogP contribution < -0.4 is 9.67 Å². The molecule has 0 aliphatic rings. The Morgan fingerprint density at radius 1 is 0.882 bits per heavy atom. The zero-order valence-electron chi connectivity index (χ0n) is 18.7. The molecule has 1 heterocycles. The molecule has 3 aromatic carbocycles. The maximum absolute atomic E-state index is 12.7. The minimum Gasteiger partial charge on any atom is -0.480 e. The van der Waals surface area contributed by atoms with Gasteiger partial charge < -0.3 is 5.11 Å². The summed E-state index contributed by atoms with van der Waals surface area (Å²) in [5, 5.41) is 12.8. The van der Waals surface area contributed by atoms with Crippen LogP contribution in [0.3, 0.4) is 0 Å². The summed E-state index contributed by atoms with van der Waals surface area (Å²) in [5.74, 6) is -1.29. The van der Waals surface area contributed by atoms with Crippen molar-refractivity contribution < 1.29 is 23.9 Å². The summed E-state index contributed by atoms with van der Waals surface area (Å²) < 4.78 is 6.73. The SMILES string of the molecule is CC(C)[C@H](NC(=O)c1ccc(-c2ccc([AsH]C(=O)c3cc4ccccc4o3)cc2)cc1)C(=O)O. The Morgan fingerprint density at radius 2 is 1.50 bits per heavy atom. The minimum atomic E-state index is -1.06. The summed E-state index contributed by atoms with van der Waals surface area (Å²) in [6.45, 7) is 3.50. The van der Waals surface area contributed by atoms with Gasteiger partial charge in [-0.15, -0.1) is 0 Å². The van der Waals surface area contributed by atoms with Gasteiger partial charge in [-0.3, -0.25) is 0 Å². The second kappa shape index (κ2) is 10.1. The molecule has 4 aromatic rings. The number of benzene rings is 3. The van der Waals surface area contributed by atoms with Crippen LogP contribution >= 0.6 is 0 Å². The van der Waals surface area contributed by atoms with Gasteiger partial charge in [-0.25, -0.2) is 4.79 Å². The third kappa shape index (κ3) is 5.29. The normalized spacial score (nSPS) is 12.3. The van der Waals surface area contributed by atoms with E-state index in [-0.39, 0.29) is 10.5 Å². The van der Waals surface area contributed by atoms with Gasteiger partial charge in [-0.1, -0.05) is 13.8 Å². The van der Waals surface area contributed by atoms with E-state index < -0.39 is 33.7 Å². The van der Waals surface area contributed by atoms with E-state index in [9.17, 15) is 19.5 Å².